The highest BCUT2D eigenvalue weighted by Crippen LogP contribution is 2.39. The molecule has 0 unspecified atom stereocenters. The van der Waals surface area contributed by atoms with Gasteiger partial charge in [0.2, 0.25) is 5.88 Å². The molecular formula is C35H35F12N9O8. The lowest BCUT2D eigenvalue weighted by molar-refractivity contribution is -0.193. The minimum atomic E-state index is -5.08. The summed E-state index contributed by atoms with van der Waals surface area (Å²) in [5, 5.41) is 48.4. The Bertz CT molecular complexity index is 2170. The average molecular weight is 938 g/mol. The van der Waals surface area contributed by atoms with Crippen LogP contribution in [0.4, 0.5) is 52.7 Å². The number of H-pyrrole nitrogens is 1. The van der Waals surface area contributed by atoms with Crippen LogP contribution in [-0.4, -0.2) is 130 Å². The Balaban J connectivity index is 0.000000429. The van der Waals surface area contributed by atoms with Gasteiger partial charge < -0.3 is 35.5 Å². The van der Waals surface area contributed by atoms with Gasteiger partial charge >= 0.3 is 42.6 Å². The predicted octanol–water partition coefficient (Wildman–Crippen LogP) is 5.53. The lowest BCUT2D eigenvalue weighted by Crippen LogP contribution is -2.65. The number of halogens is 12. The normalized spacial score (nSPS) is 17.5. The molecule has 0 radical (unpaired) electrons. The van der Waals surface area contributed by atoms with Gasteiger partial charge in [-0.2, -0.15) is 63.0 Å². The molecular weight excluding hydrogens is 902 g/mol. The molecule has 1 saturated heterocycles. The molecule has 0 atom stereocenters. The Labute approximate surface area is 351 Å². The lowest BCUT2D eigenvalue weighted by Gasteiger charge is -2.53. The third kappa shape index (κ3) is 14.9. The third-order valence-corrected chi connectivity index (χ3v) is 9.04. The molecule has 64 heavy (non-hydrogen) atoms. The van der Waals surface area contributed by atoms with E-state index in [1.807, 2.05) is 23.1 Å². The van der Waals surface area contributed by atoms with Gasteiger partial charge in [0.15, 0.2) is 0 Å². The van der Waals surface area contributed by atoms with Gasteiger partial charge in [-0.1, -0.05) is 0 Å². The summed E-state index contributed by atoms with van der Waals surface area (Å²) in [4.78, 5) is 44.6. The molecule has 0 aromatic carbocycles. The van der Waals surface area contributed by atoms with Crippen LogP contribution in [0.5, 0.6) is 5.88 Å². The van der Waals surface area contributed by atoms with Gasteiger partial charge in [0.1, 0.15) is 29.3 Å². The van der Waals surface area contributed by atoms with E-state index in [0.717, 1.165) is 41.2 Å². The molecule has 2 fully saturated rings. The van der Waals surface area contributed by atoms with E-state index in [1.54, 1.807) is 6.20 Å². The SMILES string of the molecule is N#CCC1(n2cc(-c3ncnc4[nH]ccc34)cn2)CN(C2CCC(Oc3cc(CNCCO)cc(C(F)(F)F)n3)CC2)C1.O=C(O)C(F)(F)F.O=C(O)C(F)(F)F.O=C(O)C(F)(F)F. The topological polar surface area (TPSA) is 253 Å². The second-order valence-corrected chi connectivity index (χ2v) is 13.7. The number of hydrogen-bond acceptors (Lipinski definition) is 12. The van der Waals surface area contributed by atoms with E-state index >= 15 is 0 Å². The molecule has 4 aromatic rings. The van der Waals surface area contributed by atoms with Crippen LogP contribution in [0, 0.1) is 11.3 Å². The maximum atomic E-state index is 13.5. The van der Waals surface area contributed by atoms with Crippen molar-refractivity contribution in [1.82, 2.24) is 39.9 Å². The van der Waals surface area contributed by atoms with Crippen molar-refractivity contribution in [2.24, 2.45) is 0 Å². The molecule has 6 N–H and O–H groups in total. The summed E-state index contributed by atoms with van der Waals surface area (Å²) in [6.45, 7) is 1.70. The van der Waals surface area contributed by atoms with Crippen LogP contribution < -0.4 is 10.1 Å². The van der Waals surface area contributed by atoms with E-state index in [4.69, 9.17) is 39.5 Å². The standard InChI is InChI=1S/C29H32F3N9O2.3C2HF3O2/c30-29(31,32)24-11-19(13-34-9-10-42)12-25(39-24)43-22-3-1-21(2-4-22)40-16-28(17-40,6-7-33)41-15-20(14-38-41)26-23-5-8-35-27(23)37-18-36-26;3*3-2(4,5)1(6)7/h5,8,11-12,14-15,18,21-22,34,42H,1-4,6,9-10,13,16-17H2,(H,35,36,37);3*(H,6,7). The molecule has 4 aromatic heterocycles. The van der Waals surface area contributed by atoms with Crippen molar-refractivity contribution in [2.75, 3.05) is 26.2 Å². The van der Waals surface area contributed by atoms with Crippen molar-refractivity contribution in [2.45, 2.75) is 81.0 Å². The average Bonchev–Trinajstić information content (AvgIpc) is 3.87. The molecule has 0 bridgehead atoms. The highest BCUT2D eigenvalue weighted by Gasteiger charge is 2.48. The molecule has 29 heteroatoms. The number of carboxylic acids is 3. The van der Waals surface area contributed by atoms with Crippen molar-refractivity contribution >= 4 is 28.9 Å². The fraction of sp³-hybridized carbons (Fsp3) is 0.486. The smallest absolute Gasteiger partial charge is 0.475 e. The van der Waals surface area contributed by atoms with Gasteiger partial charge in [0.05, 0.1) is 31.0 Å². The van der Waals surface area contributed by atoms with Crippen molar-refractivity contribution < 1.29 is 92.2 Å². The van der Waals surface area contributed by atoms with Crippen molar-refractivity contribution in [3.05, 3.63) is 54.4 Å². The number of aromatic amines is 1. The van der Waals surface area contributed by atoms with Crippen molar-refractivity contribution in [3.63, 3.8) is 0 Å². The fourth-order valence-corrected chi connectivity index (χ4v) is 6.14. The summed E-state index contributed by atoms with van der Waals surface area (Å²) in [6, 6.07) is 7.08. The van der Waals surface area contributed by atoms with E-state index in [9.17, 15) is 57.9 Å². The number of aliphatic carboxylic acids is 3. The fourth-order valence-electron chi connectivity index (χ4n) is 6.14. The first kappa shape index (κ1) is 52.1. The number of carboxylic acid groups (broad SMARTS) is 3. The third-order valence-electron chi connectivity index (χ3n) is 9.04. The van der Waals surface area contributed by atoms with Gasteiger partial charge in [-0.05, 0) is 43.4 Å². The molecule has 1 aliphatic heterocycles. The zero-order chi connectivity index (χ0) is 48.3. The van der Waals surface area contributed by atoms with E-state index < -0.39 is 53.8 Å². The van der Waals surface area contributed by atoms with Crippen LogP contribution in [-0.2, 0) is 32.6 Å². The van der Waals surface area contributed by atoms with Gasteiger partial charge in [0, 0.05) is 61.6 Å². The molecule has 17 nitrogen and oxygen atoms in total. The van der Waals surface area contributed by atoms with Crippen LogP contribution in [0.3, 0.4) is 0 Å². The lowest BCUT2D eigenvalue weighted by atomic mass is 9.82. The quantitative estimate of drug-likeness (QED) is 0.0845. The number of nitrogens with one attached hydrogen (secondary N) is 2. The Morgan fingerprint density at radius 3 is 1.95 bits per heavy atom. The number of rotatable bonds is 10. The Hall–Kier alpha value is -6.28. The number of ether oxygens (including phenoxy) is 1. The highest BCUT2D eigenvalue weighted by molar-refractivity contribution is 5.90. The number of nitriles is 1. The monoisotopic (exact) mass is 937 g/mol. The van der Waals surface area contributed by atoms with Crippen LogP contribution in [0.15, 0.2) is 43.1 Å². The van der Waals surface area contributed by atoms with Gasteiger partial charge in [-0.15, -0.1) is 0 Å². The predicted molar refractivity (Wildman–Crippen MR) is 191 cm³/mol. The summed E-state index contributed by atoms with van der Waals surface area (Å²) < 4.78 is 143. The molecule has 0 spiro atoms. The van der Waals surface area contributed by atoms with Crippen LogP contribution >= 0.6 is 0 Å². The van der Waals surface area contributed by atoms with E-state index in [-0.39, 0.29) is 37.7 Å². The number of likely N-dealkylation sites (tertiary alicyclic amines) is 1. The summed E-state index contributed by atoms with van der Waals surface area (Å²) in [5.41, 5.74) is 1.35. The van der Waals surface area contributed by atoms with Crippen LogP contribution in [0.25, 0.3) is 22.3 Å². The number of aliphatic hydroxyl groups excluding tert-OH is 1. The first-order valence-electron chi connectivity index (χ1n) is 18.0. The maximum absolute atomic E-state index is 13.5. The Kier molecular flexibility index (Phi) is 17.4. The molecule has 1 aliphatic carbocycles. The molecule has 2 aliphatic rings. The number of fused-ring (bicyclic) bond motifs is 1. The van der Waals surface area contributed by atoms with Crippen molar-refractivity contribution in [1.29, 1.82) is 5.26 Å². The van der Waals surface area contributed by atoms with Crippen molar-refractivity contribution in [3.8, 4) is 23.2 Å². The Morgan fingerprint density at radius 1 is 0.891 bits per heavy atom. The molecule has 6 rings (SSSR count). The number of aliphatic hydroxyl groups is 1. The number of aromatic nitrogens is 6. The number of hydrogen-bond donors (Lipinski definition) is 6. The van der Waals surface area contributed by atoms with E-state index in [2.05, 4.69) is 41.3 Å². The first-order valence-corrected chi connectivity index (χ1v) is 18.0. The van der Waals surface area contributed by atoms with Gasteiger partial charge in [-0.25, -0.2) is 29.3 Å². The number of alkyl halides is 12. The number of nitrogens with zero attached hydrogens (tertiary/aromatic N) is 7. The highest BCUT2D eigenvalue weighted by atomic mass is 19.4. The summed E-state index contributed by atoms with van der Waals surface area (Å²) in [7, 11) is 0. The maximum Gasteiger partial charge on any atom is 0.490 e. The largest absolute Gasteiger partial charge is 0.490 e. The van der Waals surface area contributed by atoms with E-state index in [0.29, 0.717) is 37.9 Å². The van der Waals surface area contributed by atoms with Crippen LogP contribution in [0.1, 0.15) is 43.4 Å². The summed E-state index contributed by atoms with van der Waals surface area (Å²) in [6.07, 6.45) is -9.66. The second kappa shape index (κ2) is 21.4. The van der Waals surface area contributed by atoms with E-state index in [1.165, 1.54) is 12.4 Å². The summed E-state index contributed by atoms with van der Waals surface area (Å²) in [5.74, 6) is -8.31. The van der Waals surface area contributed by atoms with Crippen LogP contribution in [0.2, 0.25) is 0 Å². The minimum absolute atomic E-state index is 0.0360. The zero-order valence-electron chi connectivity index (χ0n) is 32.4. The van der Waals surface area contributed by atoms with Gasteiger partial charge in [-0.3, -0.25) is 9.58 Å². The molecule has 5 heterocycles. The Morgan fingerprint density at radius 2 is 1.45 bits per heavy atom. The molecule has 0 amide bonds. The summed E-state index contributed by atoms with van der Waals surface area (Å²) >= 11 is 0. The molecule has 1 saturated carbocycles. The number of carbonyl (C=O) groups is 3. The van der Waals surface area contributed by atoms with Gasteiger partial charge in [0.25, 0.3) is 0 Å². The zero-order valence-corrected chi connectivity index (χ0v) is 32.4. The first-order chi connectivity index (χ1) is 29.6. The number of pyridine rings is 1. The second-order valence-electron chi connectivity index (χ2n) is 13.7. The minimum Gasteiger partial charge on any atom is -0.475 e. The molecule has 352 valence electrons.